The van der Waals surface area contributed by atoms with Crippen molar-refractivity contribution in [3.05, 3.63) is 114 Å². The van der Waals surface area contributed by atoms with Gasteiger partial charge in [-0.05, 0) is 23.3 Å². The topological polar surface area (TPSA) is 69.6 Å². The normalized spacial score (nSPS) is 11.1. The molecule has 6 nitrogen and oxygen atoms in total. The van der Waals surface area contributed by atoms with Crippen LogP contribution in [0.5, 0.6) is 0 Å². The number of halogens is 1. The van der Waals surface area contributed by atoms with Crippen LogP contribution >= 0.6 is 11.8 Å². The molecule has 164 valence electrons. The van der Waals surface area contributed by atoms with E-state index in [4.69, 9.17) is 4.52 Å². The highest BCUT2D eigenvalue weighted by Crippen LogP contribution is 2.28. The van der Waals surface area contributed by atoms with Gasteiger partial charge in [-0.25, -0.2) is 4.39 Å². The zero-order valence-corrected chi connectivity index (χ0v) is 18.5. The smallest absolute Gasteiger partial charge is 0.237 e. The van der Waals surface area contributed by atoms with Gasteiger partial charge in [-0.15, -0.1) is 10.2 Å². The molecular weight excluding hydrogens is 437 g/mol. The summed E-state index contributed by atoms with van der Waals surface area (Å²) in [5, 5.41) is 13.4. The summed E-state index contributed by atoms with van der Waals surface area (Å²) in [6.45, 7) is 0.517. The quantitative estimate of drug-likeness (QED) is 0.291. The van der Waals surface area contributed by atoms with E-state index < -0.39 is 0 Å². The van der Waals surface area contributed by atoms with Crippen molar-refractivity contribution in [1.29, 1.82) is 0 Å². The Morgan fingerprint density at radius 1 is 0.818 bits per heavy atom. The molecule has 2 heterocycles. The van der Waals surface area contributed by atoms with Gasteiger partial charge in [0.2, 0.25) is 5.89 Å². The molecule has 5 rings (SSSR count). The summed E-state index contributed by atoms with van der Waals surface area (Å²) in [5.41, 5.74) is 2.60. The van der Waals surface area contributed by atoms with Gasteiger partial charge in [-0.2, -0.15) is 4.98 Å². The molecule has 8 heteroatoms. The van der Waals surface area contributed by atoms with E-state index >= 15 is 0 Å². The molecule has 0 spiro atoms. The highest BCUT2D eigenvalue weighted by atomic mass is 32.2. The zero-order valence-electron chi connectivity index (χ0n) is 17.6. The van der Waals surface area contributed by atoms with Gasteiger partial charge < -0.3 is 4.52 Å². The van der Waals surface area contributed by atoms with Crippen molar-refractivity contribution in [2.75, 3.05) is 0 Å². The first-order valence-electron chi connectivity index (χ1n) is 10.5. The van der Waals surface area contributed by atoms with Crippen LogP contribution in [0.3, 0.4) is 0 Å². The summed E-state index contributed by atoms with van der Waals surface area (Å²) in [6.07, 6.45) is 0.608. The zero-order chi connectivity index (χ0) is 22.5. The molecule has 5 aromatic rings. The predicted octanol–water partition coefficient (Wildman–Crippen LogP) is 5.40. The number of hydrogen-bond acceptors (Lipinski definition) is 6. The summed E-state index contributed by atoms with van der Waals surface area (Å²) >= 11 is 1.43. The first-order chi connectivity index (χ1) is 16.3. The fraction of sp³-hybridized carbons (Fsp3) is 0.120. The van der Waals surface area contributed by atoms with Gasteiger partial charge >= 0.3 is 0 Å². The molecule has 0 atom stereocenters. The van der Waals surface area contributed by atoms with Crippen LogP contribution in [0, 0.1) is 5.82 Å². The van der Waals surface area contributed by atoms with Crippen LogP contribution in [-0.2, 0) is 18.7 Å². The maximum Gasteiger partial charge on any atom is 0.237 e. The van der Waals surface area contributed by atoms with E-state index in [1.165, 1.54) is 17.8 Å². The second-order valence-electron chi connectivity index (χ2n) is 7.41. The molecule has 0 fully saturated rings. The standard InChI is InChI=1S/C25H20FN5OS/c26-21-14-8-7-13-20(21)24-28-29-25(31(24)16-19-11-5-2-6-12-19)33-17-23-27-22(30-32-23)15-18-9-3-1-4-10-18/h1-14H,15-17H2. The van der Waals surface area contributed by atoms with E-state index in [2.05, 4.69) is 20.3 Å². The molecule has 0 bridgehead atoms. The predicted molar refractivity (Wildman–Crippen MR) is 124 cm³/mol. The molecule has 0 saturated heterocycles. The first kappa shape index (κ1) is 21.1. The third-order valence-electron chi connectivity index (χ3n) is 5.06. The molecule has 0 N–H and O–H groups in total. The highest BCUT2D eigenvalue weighted by Gasteiger charge is 2.18. The van der Waals surface area contributed by atoms with Crippen LogP contribution in [0.25, 0.3) is 11.4 Å². The lowest BCUT2D eigenvalue weighted by Gasteiger charge is -2.10. The second kappa shape index (κ2) is 9.79. The number of aromatic nitrogens is 5. The van der Waals surface area contributed by atoms with Crippen LogP contribution in [0.15, 0.2) is 94.6 Å². The number of hydrogen-bond donors (Lipinski definition) is 0. The van der Waals surface area contributed by atoms with Gasteiger partial charge in [0.05, 0.1) is 17.9 Å². The van der Waals surface area contributed by atoms with Crippen LogP contribution in [0.4, 0.5) is 4.39 Å². The Morgan fingerprint density at radius 2 is 1.52 bits per heavy atom. The summed E-state index contributed by atoms with van der Waals surface area (Å²) in [6, 6.07) is 26.5. The lowest BCUT2D eigenvalue weighted by atomic mass is 10.1. The fourth-order valence-electron chi connectivity index (χ4n) is 3.47. The minimum absolute atomic E-state index is 0.335. The van der Waals surface area contributed by atoms with Crippen molar-refractivity contribution in [2.24, 2.45) is 0 Å². The number of rotatable bonds is 8. The number of nitrogens with zero attached hydrogens (tertiary/aromatic N) is 5. The van der Waals surface area contributed by atoms with Gasteiger partial charge in [0, 0.05) is 6.42 Å². The van der Waals surface area contributed by atoms with Crippen molar-refractivity contribution in [3.63, 3.8) is 0 Å². The average molecular weight is 458 g/mol. The largest absolute Gasteiger partial charge is 0.338 e. The number of benzene rings is 3. The molecule has 0 aliphatic heterocycles. The SMILES string of the molecule is Fc1ccccc1-c1nnc(SCc2nc(Cc3ccccc3)no2)n1Cc1ccccc1. The third-order valence-corrected chi connectivity index (χ3v) is 6.01. The Hall–Kier alpha value is -3.78. The van der Waals surface area contributed by atoms with E-state index in [-0.39, 0.29) is 5.82 Å². The average Bonchev–Trinajstić information content (AvgIpc) is 3.46. The van der Waals surface area contributed by atoms with Crippen LogP contribution < -0.4 is 0 Å². The van der Waals surface area contributed by atoms with Gasteiger partial charge in [-0.1, -0.05) is 89.7 Å². The molecule has 0 saturated carbocycles. The molecular formula is C25H20FN5OS. The first-order valence-corrected chi connectivity index (χ1v) is 11.4. The summed E-state index contributed by atoms with van der Waals surface area (Å²) < 4.78 is 21.9. The Morgan fingerprint density at radius 3 is 2.27 bits per heavy atom. The van der Waals surface area contributed by atoms with E-state index in [1.54, 1.807) is 18.2 Å². The van der Waals surface area contributed by atoms with Crippen molar-refractivity contribution in [2.45, 2.75) is 23.9 Å². The van der Waals surface area contributed by atoms with Crippen molar-refractivity contribution < 1.29 is 8.91 Å². The molecule has 33 heavy (non-hydrogen) atoms. The third kappa shape index (κ3) is 5.01. The Kier molecular flexibility index (Phi) is 6.25. The monoisotopic (exact) mass is 457 g/mol. The molecule has 0 radical (unpaired) electrons. The van der Waals surface area contributed by atoms with E-state index in [1.807, 2.05) is 65.2 Å². The van der Waals surface area contributed by atoms with Crippen molar-refractivity contribution >= 4 is 11.8 Å². The minimum atomic E-state index is -0.335. The van der Waals surface area contributed by atoms with Crippen LogP contribution in [0.2, 0.25) is 0 Å². The Bertz CT molecular complexity index is 1340. The van der Waals surface area contributed by atoms with E-state index in [0.717, 1.165) is 11.1 Å². The lowest BCUT2D eigenvalue weighted by molar-refractivity contribution is 0.385. The maximum atomic E-state index is 14.5. The molecule has 0 amide bonds. The minimum Gasteiger partial charge on any atom is -0.338 e. The summed E-state index contributed by atoms with van der Waals surface area (Å²) in [7, 11) is 0. The maximum absolute atomic E-state index is 14.5. The van der Waals surface area contributed by atoms with E-state index in [0.29, 0.717) is 47.0 Å². The van der Waals surface area contributed by atoms with Gasteiger partial charge in [0.1, 0.15) is 5.82 Å². The molecule has 0 aliphatic carbocycles. The van der Waals surface area contributed by atoms with Crippen LogP contribution in [-0.4, -0.2) is 24.9 Å². The molecule has 0 unspecified atom stereocenters. The van der Waals surface area contributed by atoms with E-state index in [9.17, 15) is 4.39 Å². The summed E-state index contributed by atoms with van der Waals surface area (Å²) in [4.78, 5) is 4.50. The molecule has 3 aromatic carbocycles. The van der Waals surface area contributed by atoms with Gasteiger partial charge in [-0.3, -0.25) is 4.57 Å². The highest BCUT2D eigenvalue weighted by molar-refractivity contribution is 7.98. The van der Waals surface area contributed by atoms with Crippen LogP contribution in [0.1, 0.15) is 22.8 Å². The second-order valence-corrected chi connectivity index (χ2v) is 8.36. The fourth-order valence-corrected chi connectivity index (χ4v) is 4.25. The Labute approximate surface area is 194 Å². The lowest BCUT2D eigenvalue weighted by Crippen LogP contribution is -2.05. The van der Waals surface area contributed by atoms with Crippen molar-refractivity contribution in [1.82, 2.24) is 24.9 Å². The molecule has 2 aromatic heterocycles. The number of thioether (sulfide) groups is 1. The molecule has 0 aliphatic rings. The van der Waals surface area contributed by atoms with Gasteiger partial charge in [0.15, 0.2) is 16.8 Å². The summed E-state index contributed by atoms with van der Waals surface area (Å²) in [5.74, 6) is 1.72. The van der Waals surface area contributed by atoms with Gasteiger partial charge in [0.25, 0.3) is 0 Å². The Balaban J connectivity index is 1.37. The van der Waals surface area contributed by atoms with Crippen molar-refractivity contribution in [3.8, 4) is 11.4 Å².